The van der Waals surface area contributed by atoms with Crippen LogP contribution in [0.4, 0.5) is 11.4 Å². The lowest BCUT2D eigenvalue weighted by Crippen LogP contribution is -2.50. The van der Waals surface area contributed by atoms with Crippen molar-refractivity contribution >= 4 is 23.2 Å². The molecule has 6 nitrogen and oxygen atoms in total. The van der Waals surface area contributed by atoms with Gasteiger partial charge >= 0.3 is 0 Å². The quantitative estimate of drug-likeness (QED) is 0.705. The second-order valence-corrected chi connectivity index (χ2v) is 4.45. The predicted octanol–water partition coefficient (Wildman–Crippen LogP) is -0.146. The number of nitrogens with one attached hydrogen (secondary N) is 1. The zero-order valence-electron chi connectivity index (χ0n) is 10.7. The molecule has 1 unspecified atom stereocenters. The van der Waals surface area contributed by atoms with Crippen molar-refractivity contribution in [1.29, 1.82) is 0 Å². The number of fused-ring (bicyclic) bond motifs is 1. The number of nitrogens with two attached hydrogens (primary N) is 1. The smallest absolute Gasteiger partial charge is 0.253 e. The SMILES string of the molecule is CNc1ccc2c(c1)CCC(=O)N2C(=O)C(N)CO. The van der Waals surface area contributed by atoms with Crippen molar-refractivity contribution in [3.05, 3.63) is 23.8 Å². The van der Waals surface area contributed by atoms with Crippen molar-refractivity contribution in [3.8, 4) is 0 Å². The maximum atomic E-state index is 12.1. The predicted molar refractivity (Wildman–Crippen MR) is 71.9 cm³/mol. The van der Waals surface area contributed by atoms with Gasteiger partial charge in [-0.15, -0.1) is 0 Å². The highest BCUT2D eigenvalue weighted by Crippen LogP contribution is 2.30. The van der Waals surface area contributed by atoms with E-state index in [1.165, 1.54) is 0 Å². The fraction of sp³-hybridized carbons (Fsp3) is 0.385. The van der Waals surface area contributed by atoms with Gasteiger partial charge in [0.2, 0.25) is 5.91 Å². The third-order valence-corrected chi connectivity index (χ3v) is 3.20. The van der Waals surface area contributed by atoms with E-state index in [0.29, 0.717) is 12.1 Å². The summed E-state index contributed by atoms with van der Waals surface area (Å²) < 4.78 is 0. The first kappa shape index (κ1) is 13.5. The molecule has 0 bridgehead atoms. The maximum absolute atomic E-state index is 12.1. The summed E-state index contributed by atoms with van der Waals surface area (Å²) >= 11 is 0. The Morgan fingerprint density at radius 1 is 1.53 bits per heavy atom. The summed E-state index contributed by atoms with van der Waals surface area (Å²) in [5.74, 6) is -0.843. The summed E-state index contributed by atoms with van der Waals surface area (Å²) in [4.78, 5) is 25.1. The third-order valence-electron chi connectivity index (χ3n) is 3.20. The molecular formula is C13H17N3O3. The minimum absolute atomic E-state index is 0.268. The monoisotopic (exact) mass is 263 g/mol. The molecule has 0 aliphatic carbocycles. The molecule has 0 fully saturated rings. The van der Waals surface area contributed by atoms with Crippen LogP contribution in [0, 0.1) is 0 Å². The number of carbonyl (C=O) groups excluding carboxylic acids is 2. The third kappa shape index (κ3) is 2.45. The van der Waals surface area contributed by atoms with Crippen LogP contribution in [0.2, 0.25) is 0 Å². The molecule has 19 heavy (non-hydrogen) atoms. The van der Waals surface area contributed by atoms with Crippen LogP contribution in [0.25, 0.3) is 0 Å². The van der Waals surface area contributed by atoms with E-state index in [0.717, 1.165) is 16.2 Å². The van der Waals surface area contributed by atoms with E-state index in [9.17, 15) is 9.59 Å². The number of carbonyl (C=O) groups is 2. The Morgan fingerprint density at radius 3 is 2.89 bits per heavy atom. The Labute approximate surface area is 111 Å². The lowest BCUT2D eigenvalue weighted by molar-refractivity contribution is -0.128. The van der Waals surface area contributed by atoms with E-state index < -0.39 is 18.6 Å². The molecule has 1 heterocycles. The van der Waals surface area contributed by atoms with Crippen molar-refractivity contribution in [2.24, 2.45) is 5.73 Å². The molecule has 2 amide bonds. The number of hydrogen-bond donors (Lipinski definition) is 3. The van der Waals surface area contributed by atoms with Crippen LogP contribution >= 0.6 is 0 Å². The molecule has 0 aromatic heterocycles. The van der Waals surface area contributed by atoms with Crippen LogP contribution in [0.3, 0.4) is 0 Å². The fourth-order valence-corrected chi connectivity index (χ4v) is 2.13. The molecule has 0 spiro atoms. The van der Waals surface area contributed by atoms with Crippen LogP contribution in [-0.2, 0) is 16.0 Å². The van der Waals surface area contributed by atoms with E-state index in [-0.39, 0.29) is 12.3 Å². The summed E-state index contributed by atoms with van der Waals surface area (Å²) in [6.07, 6.45) is 0.867. The Morgan fingerprint density at radius 2 is 2.26 bits per heavy atom. The van der Waals surface area contributed by atoms with E-state index >= 15 is 0 Å². The molecule has 2 rings (SSSR count). The minimum Gasteiger partial charge on any atom is -0.394 e. The van der Waals surface area contributed by atoms with Crippen molar-refractivity contribution in [1.82, 2.24) is 0 Å². The van der Waals surface area contributed by atoms with Crippen LogP contribution in [0.15, 0.2) is 18.2 Å². The largest absolute Gasteiger partial charge is 0.394 e. The van der Waals surface area contributed by atoms with Crippen molar-refractivity contribution in [2.45, 2.75) is 18.9 Å². The van der Waals surface area contributed by atoms with Crippen molar-refractivity contribution < 1.29 is 14.7 Å². The molecule has 1 atom stereocenters. The number of amides is 2. The second kappa shape index (κ2) is 5.38. The summed E-state index contributed by atoms with van der Waals surface area (Å²) in [5.41, 5.74) is 7.92. The Bertz CT molecular complexity index is 516. The average Bonchev–Trinajstić information content (AvgIpc) is 2.45. The van der Waals surface area contributed by atoms with E-state index in [4.69, 9.17) is 10.8 Å². The second-order valence-electron chi connectivity index (χ2n) is 4.45. The maximum Gasteiger partial charge on any atom is 0.253 e. The van der Waals surface area contributed by atoms with Gasteiger partial charge in [0.15, 0.2) is 0 Å². The summed E-state index contributed by atoms with van der Waals surface area (Å²) in [5, 5.41) is 12.0. The molecule has 0 saturated heterocycles. The van der Waals surface area contributed by atoms with Gasteiger partial charge < -0.3 is 16.2 Å². The number of benzene rings is 1. The molecule has 4 N–H and O–H groups in total. The van der Waals surface area contributed by atoms with Gasteiger partial charge in [0, 0.05) is 19.2 Å². The minimum atomic E-state index is -1.07. The Hall–Kier alpha value is -1.92. The molecule has 102 valence electrons. The molecule has 1 aromatic rings. The highest BCUT2D eigenvalue weighted by atomic mass is 16.3. The van der Waals surface area contributed by atoms with Gasteiger partial charge in [-0.05, 0) is 30.2 Å². The van der Waals surface area contributed by atoms with E-state index in [1.807, 2.05) is 6.07 Å². The average molecular weight is 263 g/mol. The number of hydrogen-bond acceptors (Lipinski definition) is 5. The van der Waals surface area contributed by atoms with Crippen molar-refractivity contribution in [3.63, 3.8) is 0 Å². The molecule has 1 aliphatic rings. The lowest BCUT2D eigenvalue weighted by atomic mass is 9.99. The van der Waals surface area contributed by atoms with Crippen LogP contribution in [-0.4, -0.2) is 36.6 Å². The van der Waals surface area contributed by atoms with Gasteiger partial charge in [-0.25, -0.2) is 4.90 Å². The number of aliphatic hydroxyl groups excluding tert-OH is 1. The lowest BCUT2D eigenvalue weighted by Gasteiger charge is -2.29. The Kier molecular flexibility index (Phi) is 3.82. The highest BCUT2D eigenvalue weighted by molar-refractivity contribution is 6.18. The molecule has 0 radical (unpaired) electrons. The number of rotatable bonds is 3. The Balaban J connectivity index is 2.41. The highest BCUT2D eigenvalue weighted by Gasteiger charge is 2.32. The standard InChI is InChI=1S/C13H17N3O3/c1-15-9-3-4-11-8(6-9)2-5-12(18)16(11)13(19)10(14)7-17/h3-4,6,10,15,17H,2,5,7,14H2,1H3. The van der Waals surface area contributed by atoms with Gasteiger partial charge in [0.1, 0.15) is 6.04 Å². The first-order chi connectivity index (χ1) is 9.08. The van der Waals surface area contributed by atoms with Gasteiger partial charge in [-0.2, -0.15) is 0 Å². The summed E-state index contributed by atoms with van der Waals surface area (Å²) in [6.45, 7) is -0.480. The van der Waals surface area contributed by atoms with Gasteiger partial charge in [-0.1, -0.05) is 0 Å². The van der Waals surface area contributed by atoms with E-state index in [2.05, 4.69) is 5.32 Å². The summed E-state index contributed by atoms with van der Waals surface area (Å²) in [6, 6.07) is 4.36. The number of aliphatic hydroxyl groups is 1. The fourth-order valence-electron chi connectivity index (χ4n) is 2.13. The molecule has 0 saturated carbocycles. The molecule has 1 aliphatic heterocycles. The zero-order chi connectivity index (χ0) is 14.0. The topological polar surface area (TPSA) is 95.7 Å². The number of anilines is 2. The van der Waals surface area contributed by atoms with E-state index in [1.54, 1.807) is 19.2 Å². The normalized spacial score (nSPS) is 15.9. The molecule has 6 heteroatoms. The van der Waals surface area contributed by atoms with Crippen LogP contribution < -0.4 is 16.0 Å². The van der Waals surface area contributed by atoms with Gasteiger partial charge in [-0.3, -0.25) is 9.59 Å². The first-order valence-electron chi connectivity index (χ1n) is 6.12. The number of nitrogens with zero attached hydrogens (tertiary/aromatic N) is 1. The van der Waals surface area contributed by atoms with Gasteiger partial charge in [0.05, 0.1) is 12.3 Å². The van der Waals surface area contributed by atoms with Gasteiger partial charge in [0.25, 0.3) is 5.91 Å². The van der Waals surface area contributed by atoms with Crippen LogP contribution in [0.1, 0.15) is 12.0 Å². The molecule has 1 aromatic carbocycles. The van der Waals surface area contributed by atoms with Crippen molar-refractivity contribution in [2.75, 3.05) is 23.9 Å². The number of imide groups is 1. The number of aryl methyl sites for hydroxylation is 1. The van der Waals surface area contributed by atoms with Crippen LogP contribution in [0.5, 0.6) is 0 Å². The molecular weight excluding hydrogens is 246 g/mol. The zero-order valence-corrected chi connectivity index (χ0v) is 10.7. The summed E-state index contributed by atoms with van der Waals surface area (Å²) in [7, 11) is 1.81. The first-order valence-corrected chi connectivity index (χ1v) is 6.12.